The minimum absolute atomic E-state index is 0.568. The molecule has 4 rings (SSSR count). The number of likely N-dealkylation sites (tertiary alicyclic amines) is 1. The summed E-state index contributed by atoms with van der Waals surface area (Å²) in [6.45, 7) is 8.07. The summed E-state index contributed by atoms with van der Waals surface area (Å²) in [4.78, 5) is 9.23. The second-order valence-corrected chi connectivity index (χ2v) is 8.13. The number of hydrogen-bond donors (Lipinski definition) is 0. The summed E-state index contributed by atoms with van der Waals surface area (Å²) in [7, 11) is 2.17. The summed E-state index contributed by atoms with van der Waals surface area (Å²) in [6.07, 6.45) is 4.88. The molecule has 1 aliphatic heterocycles. The smallest absolute Gasteiger partial charge is 0.223 e. The second-order valence-electron chi connectivity index (χ2n) is 8.13. The molecule has 1 saturated heterocycles. The summed E-state index contributed by atoms with van der Waals surface area (Å²) in [5.41, 5.74) is 0. The maximum absolute atomic E-state index is 6.10. The van der Waals surface area contributed by atoms with Crippen LogP contribution in [0.3, 0.4) is 0 Å². The van der Waals surface area contributed by atoms with Crippen LogP contribution in [0.2, 0.25) is 0 Å². The summed E-state index contributed by atoms with van der Waals surface area (Å²) < 4.78 is 11.2. The third kappa shape index (κ3) is 4.18. The lowest BCUT2D eigenvalue weighted by Crippen LogP contribution is -2.33. The normalized spacial score (nSPS) is 27.0. The lowest BCUT2D eigenvalue weighted by molar-refractivity contribution is 0.197. The van der Waals surface area contributed by atoms with E-state index in [1.807, 2.05) is 6.92 Å². The summed E-state index contributed by atoms with van der Waals surface area (Å²) in [6, 6.07) is 4.93. The second kappa shape index (κ2) is 7.53. The van der Waals surface area contributed by atoms with E-state index in [0.29, 0.717) is 17.9 Å². The SMILES string of the molecule is Cc1nc(CN(C)C2CCCN(Cc3ccc(C4CC4C)o3)CC2)no1. The van der Waals surface area contributed by atoms with Gasteiger partial charge in [-0.2, -0.15) is 4.98 Å². The van der Waals surface area contributed by atoms with Gasteiger partial charge in [0.05, 0.1) is 13.1 Å². The Bertz CT molecular complexity index is 725. The molecule has 3 heterocycles. The van der Waals surface area contributed by atoms with Gasteiger partial charge >= 0.3 is 0 Å². The average Bonchev–Trinajstić information content (AvgIpc) is 3.04. The van der Waals surface area contributed by atoms with Crippen molar-refractivity contribution in [2.24, 2.45) is 5.92 Å². The van der Waals surface area contributed by atoms with Gasteiger partial charge in [0.25, 0.3) is 0 Å². The van der Waals surface area contributed by atoms with Crippen LogP contribution in [0, 0.1) is 12.8 Å². The number of aryl methyl sites for hydroxylation is 1. The Hall–Kier alpha value is -1.66. The van der Waals surface area contributed by atoms with Gasteiger partial charge in [0.15, 0.2) is 5.82 Å². The van der Waals surface area contributed by atoms with E-state index >= 15 is 0 Å². The van der Waals surface area contributed by atoms with Crippen LogP contribution >= 0.6 is 0 Å². The molecule has 26 heavy (non-hydrogen) atoms. The molecule has 3 atom stereocenters. The molecular weight excluding hydrogens is 328 g/mol. The molecule has 2 aliphatic rings. The highest BCUT2D eigenvalue weighted by Crippen LogP contribution is 2.47. The first-order valence-electron chi connectivity index (χ1n) is 9.89. The zero-order valence-electron chi connectivity index (χ0n) is 16.1. The maximum atomic E-state index is 6.10. The molecule has 1 saturated carbocycles. The Morgan fingerprint density at radius 3 is 2.85 bits per heavy atom. The van der Waals surface area contributed by atoms with Gasteiger partial charge in [0.2, 0.25) is 5.89 Å². The van der Waals surface area contributed by atoms with Crippen LogP contribution in [0.1, 0.15) is 61.8 Å². The van der Waals surface area contributed by atoms with E-state index in [0.717, 1.165) is 43.7 Å². The third-order valence-corrected chi connectivity index (χ3v) is 5.91. The van der Waals surface area contributed by atoms with E-state index in [1.165, 1.54) is 31.4 Å². The first kappa shape index (κ1) is 17.7. The van der Waals surface area contributed by atoms with Crippen molar-refractivity contribution in [1.29, 1.82) is 0 Å². The quantitative estimate of drug-likeness (QED) is 0.787. The molecule has 6 heteroatoms. The van der Waals surface area contributed by atoms with Gasteiger partial charge in [-0.1, -0.05) is 12.1 Å². The van der Waals surface area contributed by atoms with Crippen LogP contribution in [0.15, 0.2) is 21.1 Å². The van der Waals surface area contributed by atoms with E-state index in [-0.39, 0.29) is 0 Å². The predicted octanol–water partition coefficient (Wildman–Crippen LogP) is 3.58. The summed E-state index contributed by atoms with van der Waals surface area (Å²) in [5.74, 6) is 5.19. The monoisotopic (exact) mass is 358 g/mol. The van der Waals surface area contributed by atoms with Crippen LogP contribution in [0.4, 0.5) is 0 Å². The minimum Gasteiger partial charge on any atom is -0.464 e. The van der Waals surface area contributed by atoms with Crippen molar-refractivity contribution in [2.45, 2.75) is 64.6 Å². The van der Waals surface area contributed by atoms with Gasteiger partial charge in [0.1, 0.15) is 11.5 Å². The Balaban J connectivity index is 1.28. The average molecular weight is 358 g/mol. The Labute approximate surface area is 155 Å². The zero-order chi connectivity index (χ0) is 18.1. The van der Waals surface area contributed by atoms with Gasteiger partial charge in [-0.3, -0.25) is 9.80 Å². The van der Waals surface area contributed by atoms with Crippen molar-refractivity contribution < 1.29 is 8.94 Å². The van der Waals surface area contributed by atoms with Crippen LogP contribution < -0.4 is 0 Å². The molecular formula is C20H30N4O2. The van der Waals surface area contributed by atoms with Gasteiger partial charge in [-0.15, -0.1) is 0 Å². The van der Waals surface area contributed by atoms with Gasteiger partial charge in [-0.25, -0.2) is 0 Å². The molecule has 2 aromatic heterocycles. The van der Waals surface area contributed by atoms with E-state index in [1.54, 1.807) is 0 Å². The van der Waals surface area contributed by atoms with Gasteiger partial charge < -0.3 is 8.94 Å². The number of hydrogen-bond acceptors (Lipinski definition) is 6. The largest absolute Gasteiger partial charge is 0.464 e. The molecule has 1 aliphatic carbocycles. The fraction of sp³-hybridized carbons (Fsp3) is 0.700. The minimum atomic E-state index is 0.568. The lowest BCUT2D eigenvalue weighted by Gasteiger charge is -2.26. The molecule has 2 aromatic rings. The first-order chi connectivity index (χ1) is 12.6. The molecule has 0 amide bonds. The van der Waals surface area contributed by atoms with E-state index in [4.69, 9.17) is 8.94 Å². The van der Waals surface area contributed by atoms with Crippen LogP contribution in [0.5, 0.6) is 0 Å². The molecule has 142 valence electrons. The molecule has 0 spiro atoms. The number of rotatable bonds is 6. The van der Waals surface area contributed by atoms with E-state index in [9.17, 15) is 0 Å². The van der Waals surface area contributed by atoms with Crippen molar-refractivity contribution in [3.05, 3.63) is 35.4 Å². The van der Waals surface area contributed by atoms with Crippen molar-refractivity contribution in [3.8, 4) is 0 Å². The first-order valence-corrected chi connectivity index (χ1v) is 9.89. The Kier molecular flexibility index (Phi) is 5.14. The van der Waals surface area contributed by atoms with Gasteiger partial charge in [0, 0.05) is 25.4 Å². The van der Waals surface area contributed by atoms with Crippen molar-refractivity contribution in [2.75, 3.05) is 20.1 Å². The number of furan rings is 1. The van der Waals surface area contributed by atoms with E-state index < -0.39 is 0 Å². The van der Waals surface area contributed by atoms with Crippen LogP contribution in [0.25, 0.3) is 0 Å². The molecule has 6 nitrogen and oxygen atoms in total. The third-order valence-electron chi connectivity index (χ3n) is 5.91. The Morgan fingerprint density at radius 1 is 1.27 bits per heavy atom. The van der Waals surface area contributed by atoms with Gasteiger partial charge in [-0.05, 0) is 57.3 Å². The lowest BCUT2D eigenvalue weighted by atomic mass is 10.1. The Morgan fingerprint density at radius 2 is 2.12 bits per heavy atom. The highest BCUT2D eigenvalue weighted by molar-refractivity contribution is 5.17. The topological polar surface area (TPSA) is 58.5 Å². The predicted molar refractivity (Wildman–Crippen MR) is 98.6 cm³/mol. The zero-order valence-corrected chi connectivity index (χ0v) is 16.1. The van der Waals surface area contributed by atoms with Crippen molar-refractivity contribution in [1.82, 2.24) is 19.9 Å². The number of nitrogens with zero attached hydrogens (tertiary/aromatic N) is 4. The summed E-state index contributed by atoms with van der Waals surface area (Å²) in [5, 5.41) is 4.02. The highest BCUT2D eigenvalue weighted by atomic mass is 16.5. The highest BCUT2D eigenvalue weighted by Gasteiger charge is 2.36. The van der Waals surface area contributed by atoms with Crippen LogP contribution in [-0.4, -0.2) is 46.1 Å². The molecule has 0 bridgehead atoms. The molecule has 3 unspecified atom stereocenters. The molecule has 2 fully saturated rings. The van der Waals surface area contributed by atoms with Crippen molar-refractivity contribution in [3.63, 3.8) is 0 Å². The fourth-order valence-corrected chi connectivity index (χ4v) is 4.11. The fourth-order valence-electron chi connectivity index (χ4n) is 4.11. The maximum Gasteiger partial charge on any atom is 0.223 e. The number of aromatic nitrogens is 2. The summed E-state index contributed by atoms with van der Waals surface area (Å²) >= 11 is 0. The van der Waals surface area contributed by atoms with Crippen molar-refractivity contribution >= 4 is 0 Å². The molecule has 0 aromatic carbocycles. The van der Waals surface area contributed by atoms with E-state index in [2.05, 4.69) is 46.0 Å². The molecule has 0 radical (unpaired) electrons. The standard InChI is InChI=1S/C20H30N4O2/c1-14-11-18(14)19-7-6-17(25-19)12-24-9-4-5-16(8-10-24)23(3)13-20-21-15(2)26-22-20/h6-7,14,16,18H,4-5,8-13H2,1-3H3. The molecule has 0 N–H and O–H groups in total. The van der Waals surface area contributed by atoms with Crippen LogP contribution in [-0.2, 0) is 13.1 Å².